The number of rotatable bonds is 15. The smallest absolute Gasteiger partial charge is 0.0462 e. The van der Waals surface area contributed by atoms with Crippen LogP contribution in [0.4, 0.5) is 17.1 Å². The molecular formula is C66H51N. The molecule has 0 spiro atoms. The Morgan fingerprint density at radius 1 is 0.224 bits per heavy atom. The zero-order valence-corrected chi connectivity index (χ0v) is 37.4. The lowest BCUT2D eigenvalue weighted by molar-refractivity contribution is 1.28. The van der Waals surface area contributed by atoms with Crippen molar-refractivity contribution < 1.29 is 0 Å². The van der Waals surface area contributed by atoms with Crippen molar-refractivity contribution >= 4 is 52.0 Å². The van der Waals surface area contributed by atoms with Gasteiger partial charge in [0, 0.05) is 17.1 Å². The van der Waals surface area contributed by atoms with Gasteiger partial charge in [-0.3, -0.25) is 0 Å². The van der Waals surface area contributed by atoms with Crippen LogP contribution in [0, 0.1) is 0 Å². The molecule has 0 atom stereocenters. The summed E-state index contributed by atoms with van der Waals surface area (Å²) < 4.78 is 0. The second kappa shape index (κ2) is 22.2. The largest absolute Gasteiger partial charge is 0.311 e. The molecule has 0 unspecified atom stereocenters. The number of allylic oxidation sites excluding steroid dienone is 6. The van der Waals surface area contributed by atoms with Crippen molar-refractivity contribution in [3.8, 4) is 0 Å². The van der Waals surface area contributed by atoms with E-state index in [2.05, 4.69) is 314 Å². The van der Waals surface area contributed by atoms with Crippen molar-refractivity contribution in [3.63, 3.8) is 0 Å². The second-order valence-electron chi connectivity index (χ2n) is 16.1. The van der Waals surface area contributed by atoms with Gasteiger partial charge < -0.3 is 4.90 Å². The molecular weight excluding hydrogens is 807 g/mol. The first-order chi connectivity index (χ1) is 33.2. The number of hydrogen-bond donors (Lipinski definition) is 0. The van der Waals surface area contributed by atoms with Crippen LogP contribution in [0.1, 0.15) is 50.1 Å². The van der Waals surface area contributed by atoms with Crippen LogP contribution >= 0.6 is 0 Å². The Morgan fingerprint density at radius 3 is 0.612 bits per heavy atom. The van der Waals surface area contributed by atoms with Crippen LogP contribution in [0.25, 0.3) is 34.9 Å². The fraction of sp³-hybridized carbons (Fsp3) is 0. The van der Waals surface area contributed by atoms with Gasteiger partial charge in [0.25, 0.3) is 0 Å². The summed E-state index contributed by atoms with van der Waals surface area (Å²) in [6.07, 6.45) is 19.6. The van der Waals surface area contributed by atoms with Crippen molar-refractivity contribution in [1.82, 2.24) is 0 Å². The Kier molecular flexibility index (Phi) is 14.4. The molecule has 9 aromatic rings. The molecule has 320 valence electrons. The molecule has 0 aliphatic carbocycles. The first-order valence-electron chi connectivity index (χ1n) is 22.8. The highest BCUT2D eigenvalue weighted by molar-refractivity contribution is 5.84. The Morgan fingerprint density at radius 2 is 0.418 bits per heavy atom. The first-order valence-corrected chi connectivity index (χ1v) is 22.8. The lowest BCUT2D eigenvalue weighted by Crippen LogP contribution is -2.09. The first kappa shape index (κ1) is 43.5. The monoisotopic (exact) mass is 857 g/mol. The zero-order valence-electron chi connectivity index (χ0n) is 37.4. The molecule has 9 rings (SSSR count). The Hall–Kier alpha value is -8.78. The molecule has 67 heavy (non-hydrogen) atoms. The molecule has 0 bridgehead atoms. The molecule has 0 saturated heterocycles. The van der Waals surface area contributed by atoms with E-state index in [1.165, 1.54) is 50.1 Å². The van der Waals surface area contributed by atoms with E-state index < -0.39 is 0 Å². The van der Waals surface area contributed by atoms with E-state index in [9.17, 15) is 0 Å². The quantitative estimate of drug-likeness (QED) is 0.0929. The maximum absolute atomic E-state index is 2.32. The van der Waals surface area contributed by atoms with Gasteiger partial charge in [-0.2, -0.15) is 0 Å². The summed E-state index contributed by atoms with van der Waals surface area (Å²) >= 11 is 0. The average molecular weight is 858 g/mol. The van der Waals surface area contributed by atoms with Crippen LogP contribution < -0.4 is 4.90 Å². The predicted molar refractivity (Wildman–Crippen MR) is 288 cm³/mol. The maximum atomic E-state index is 2.32. The molecule has 0 saturated carbocycles. The third-order valence-corrected chi connectivity index (χ3v) is 11.6. The van der Waals surface area contributed by atoms with Crippen molar-refractivity contribution in [1.29, 1.82) is 0 Å². The summed E-state index contributed by atoms with van der Waals surface area (Å²) in [6.45, 7) is 0. The third-order valence-electron chi connectivity index (χ3n) is 11.6. The predicted octanol–water partition coefficient (Wildman–Crippen LogP) is 17.6. The van der Waals surface area contributed by atoms with Crippen LogP contribution in [-0.4, -0.2) is 0 Å². The van der Waals surface area contributed by atoms with E-state index in [0.29, 0.717) is 0 Å². The number of benzene rings is 9. The molecule has 0 radical (unpaired) electrons. The van der Waals surface area contributed by atoms with Gasteiger partial charge in [0.05, 0.1) is 0 Å². The van der Waals surface area contributed by atoms with E-state index in [1.54, 1.807) is 0 Å². The van der Waals surface area contributed by atoms with Crippen LogP contribution in [0.3, 0.4) is 0 Å². The van der Waals surface area contributed by atoms with E-state index in [0.717, 1.165) is 33.8 Å². The van der Waals surface area contributed by atoms with E-state index in [1.807, 2.05) is 0 Å². The molecule has 0 amide bonds. The summed E-state index contributed by atoms with van der Waals surface area (Å²) in [6, 6.07) is 89.8. The van der Waals surface area contributed by atoms with Gasteiger partial charge >= 0.3 is 0 Å². The molecule has 0 N–H and O–H groups in total. The minimum Gasteiger partial charge on any atom is -0.311 e. The normalized spacial score (nSPS) is 11.1. The Labute approximate surface area is 396 Å². The molecule has 1 nitrogen and oxygen atoms in total. The number of hydrogen-bond acceptors (Lipinski definition) is 1. The lowest BCUT2D eigenvalue weighted by atomic mass is 9.97. The molecule has 0 aliphatic rings. The maximum Gasteiger partial charge on any atom is 0.0462 e. The fourth-order valence-electron chi connectivity index (χ4n) is 8.20. The zero-order chi connectivity index (χ0) is 45.3. The Balaban J connectivity index is 1.00. The van der Waals surface area contributed by atoms with Crippen LogP contribution in [0.15, 0.2) is 291 Å². The summed E-state index contributed by atoms with van der Waals surface area (Å²) in [5, 5.41) is 0. The van der Waals surface area contributed by atoms with E-state index >= 15 is 0 Å². The van der Waals surface area contributed by atoms with E-state index in [-0.39, 0.29) is 0 Å². The van der Waals surface area contributed by atoms with Gasteiger partial charge in [0.15, 0.2) is 0 Å². The molecule has 0 aliphatic heterocycles. The van der Waals surface area contributed by atoms with Gasteiger partial charge in [-0.05, 0) is 103 Å². The third kappa shape index (κ3) is 11.5. The van der Waals surface area contributed by atoms with E-state index in [4.69, 9.17) is 0 Å². The fourth-order valence-corrected chi connectivity index (χ4v) is 8.20. The molecule has 0 heterocycles. The minimum absolute atomic E-state index is 1.07. The molecule has 0 aromatic heterocycles. The van der Waals surface area contributed by atoms with Gasteiger partial charge in [-0.1, -0.05) is 273 Å². The van der Waals surface area contributed by atoms with Crippen molar-refractivity contribution in [2.75, 3.05) is 4.90 Å². The second-order valence-corrected chi connectivity index (χ2v) is 16.1. The summed E-state index contributed by atoms with van der Waals surface area (Å²) in [5.74, 6) is 0. The van der Waals surface area contributed by atoms with Crippen LogP contribution in [0.5, 0.6) is 0 Å². The summed E-state index contributed by atoms with van der Waals surface area (Å²) in [4.78, 5) is 2.32. The van der Waals surface area contributed by atoms with Crippen molar-refractivity contribution in [2.24, 2.45) is 0 Å². The highest BCUT2D eigenvalue weighted by Crippen LogP contribution is 2.36. The highest BCUT2D eigenvalue weighted by atomic mass is 15.1. The van der Waals surface area contributed by atoms with Gasteiger partial charge in [-0.25, -0.2) is 0 Å². The molecule has 9 aromatic carbocycles. The van der Waals surface area contributed by atoms with Gasteiger partial charge in [0.2, 0.25) is 0 Å². The number of anilines is 3. The SMILES string of the molecule is C(/C=C/c1ccc(N(c2ccc(/C=C/C=C(c3ccccc3)c3ccccc3)cc2)c2ccc(/C=C/C=C(c3ccccc3)c3ccccc3)cc2)cc1)=C(c1ccccc1)c1ccccc1. The van der Waals surface area contributed by atoms with Crippen LogP contribution in [0.2, 0.25) is 0 Å². The lowest BCUT2D eigenvalue weighted by Gasteiger charge is -2.26. The molecule has 0 fully saturated rings. The van der Waals surface area contributed by atoms with Crippen molar-refractivity contribution in [3.05, 3.63) is 341 Å². The minimum atomic E-state index is 1.07. The average Bonchev–Trinajstić information content (AvgIpc) is 3.41. The highest BCUT2D eigenvalue weighted by Gasteiger charge is 2.13. The topological polar surface area (TPSA) is 3.24 Å². The molecule has 1 heteroatoms. The number of nitrogens with zero attached hydrogens (tertiary/aromatic N) is 1. The Bertz CT molecular complexity index is 2650. The summed E-state index contributed by atoms with van der Waals surface area (Å²) in [5.41, 5.74) is 17.3. The summed E-state index contributed by atoms with van der Waals surface area (Å²) in [7, 11) is 0. The van der Waals surface area contributed by atoms with Gasteiger partial charge in [0.1, 0.15) is 0 Å². The van der Waals surface area contributed by atoms with Crippen LogP contribution in [-0.2, 0) is 0 Å². The standard InChI is InChI=1S/C66H51N/c1-7-25-55(26-8-1)64(56-27-9-2-10-28-56)37-19-22-52-40-46-61(47-41-52)67(62-48-42-53(43-49-62)23-20-38-65(57-29-11-3-12-30-57)58-31-13-4-14-32-58)63-50-44-54(45-51-63)24-21-39-66(59-33-15-5-16-34-59)60-35-17-6-18-36-60/h1-51H/b22-19+,23-20+,24-21+. The van der Waals surface area contributed by atoms with Crippen molar-refractivity contribution in [2.45, 2.75) is 0 Å². The van der Waals surface area contributed by atoms with Gasteiger partial charge in [-0.15, -0.1) is 0 Å².